The number of methoxy groups -OCH3 is 1. The fourth-order valence-corrected chi connectivity index (χ4v) is 2.43. The first-order chi connectivity index (χ1) is 9.15. The molecule has 1 unspecified atom stereocenters. The highest BCUT2D eigenvalue weighted by Crippen LogP contribution is 2.22. The van der Waals surface area contributed by atoms with Gasteiger partial charge in [0.25, 0.3) is 0 Å². The maximum Gasteiger partial charge on any atom is 0.323 e. The van der Waals surface area contributed by atoms with Crippen molar-refractivity contribution in [1.82, 2.24) is 4.90 Å². The number of hydrogen-bond acceptors (Lipinski definition) is 4. The molecule has 1 saturated heterocycles. The molecular formula is C14H15FN2O2. The van der Waals surface area contributed by atoms with Gasteiger partial charge in [-0.3, -0.25) is 9.69 Å². The number of halogens is 1. The lowest BCUT2D eigenvalue weighted by Gasteiger charge is -2.22. The molecule has 0 spiro atoms. The van der Waals surface area contributed by atoms with Crippen LogP contribution in [-0.4, -0.2) is 30.6 Å². The van der Waals surface area contributed by atoms with Crippen molar-refractivity contribution in [1.29, 1.82) is 5.26 Å². The Kier molecular flexibility index (Phi) is 4.13. The first-order valence-electron chi connectivity index (χ1n) is 6.16. The zero-order chi connectivity index (χ0) is 13.8. The van der Waals surface area contributed by atoms with E-state index in [0.29, 0.717) is 12.1 Å². The van der Waals surface area contributed by atoms with Crippen molar-refractivity contribution in [3.63, 3.8) is 0 Å². The SMILES string of the molecule is COC(=O)C1CCCN1Cc1ccc(F)cc1C#N. The van der Waals surface area contributed by atoms with Crippen LogP contribution in [0.15, 0.2) is 18.2 Å². The number of ether oxygens (including phenoxy) is 1. The summed E-state index contributed by atoms with van der Waals surface area (Å²) in [7, 11) is 1.37. The molecule has 0 saturated carbocycles. The molecule has 0 bridgehead atoms. The summed E-state index contributed by atoms with van der Waals surface area (Å²) < 4.78 is 17.8. The number of carbonyl (C=O) groups excluding carboxylic acids is 1. The topological polar surface area (TPSA) is 53.3 Å². The number of benzene rings is 1. The van der Waals surface area contributed by atoms with Gasteiger partial charge in [-0.05, 0) is 37.1 Å². The van der Waals surface area contributed by atoms with E-state index in [-0.39, 0.29) is 12.0 Å². The monoisotopic (exact) mass is 262 g/mol. The van der Waals surface area contributed by atoms with E-state index in [9.17, 15) is 9.18 Å². The molecule has 2 rings (SSSR count). The van der Waals surface area contributed by atoms with E-state index in [0.717, 1.165) is 24.9 Å². The highest BCUT2D eigenvalue weighted by Gasteiger charge is 2.31. The van der Waals surface area contributed by atoms with Gasteiger partial charge >= 0.3 is 5.97 Å². The quantitative estimate of drug-likeness (QED) is 0.780. The van der Waals surface area contributed by atoms with E-state index >= 15 is 0 Å². The first-order valence-corrected chi connectivity index (χ1v) is 6.16. The van der Waals surface area contributed by atoms with Crippen LogP contribution in [0.1, 0.15) is 24.0 Å². The molecule has 0 N–H and O–H groups in total. The van der Waals surface area contributed by atoms with Crippen LogP contribution in [0, 0.1) is 17.1 Å². The number of carbonyl (C=O) groups is 1. The van der Waals surface area contributed by atoms with Crippen molar-refractivity contribution in [2.45, 2.75) is 25.4 Å². The molecule has 0 radical (unpaired) electrons. The zero-order valence-electron chi connectivity index (χ0n) is 10.7. The Morgan fingerprint density at radius 2 is 2.42 bits per heavy atom. The van der Waals surface area contributed by atoms with Gasteiger partial charge in [-0.1, -0.05) is 6.07 Å². The summed E-state index contributed by atoms with van der Waals surface area (Å²) in [5.41, 5.74) is 1.05. The minimum atomic E-state index is -0.425. The Hall–Kier alpha value is -1.93. The van der Waals surface area contributed by atoms with Crippen LogP contribution in [0.4, 0.5) is 4.39 Å². The minimum Gasteiger partial charge on any atom is -0.468 e. The van der Waals surface area contributed by atoms with Gasteiger partial charge in [0, 0.05) is 6.54 Å². The van der Waals surface area contributed by atoms with Crippen LogP contribution < -0.4 is 0 Å². The fraction of sp³-hybridized carbons (Fsp3) is 0.429. The summed E-state index contributed by atoms with van der Waals surface area (Å²) in [6.07, 6.45) is 1.68. The molecule has 1 aliphatic rings. The van der Waals surface area contributed by atoms with Crippen LogP contribution in [0.25, 0.3) is 0 Å². The summed E-state index contributed by atoms with van der Waals surface area (Å²) in [5.74, 6) is -0.677. The van der Waals surface area contributed by atoms with Crippen LogP contribution in [-0.2, 0) is 16.1 Å². The van der Waals surface area contributed by atoms with E-state index in [1.165, 1.54) is 19.2 Å². The van der Waals surface area contributed by atoms with Crippen molar-refractivity contribution in [2.75, 3.05) is 13.7 Å². The number of nitriles is 1. The maximum atomic E-state index is 13.1. The van der Waals surface area contributed by atoms with Crippen molar-refractivity contribution < 1.29 is 13.9 Å². The first kappa shape index (κ1) is 13.5. The summed E-state index contributed by atoms with van der Waals surface area (Å²) in [6, 6.07) is 5.87. The second kappa shape index (κ2) is 5.81. The Morgan fingerprint density at radius 3 is 3.11 bits per heavy atom. The van der Waals surface area contributed by atoms with Gasteiger partial charge in [0.2, 0.25) is 0 Å². The van der Waals surface area contributed by atoms with Crippen LogP contribution >= 0.6 is 0 Å². The third-order valence-electron chi connectivity index (χ3n) is 3.40. The number of hydrogen-bond donors (Lipinski definition) is 0. The van der Waals surface area contributed by atoms with E-state index in [1.54, 1.807) is 6.07 Å². The molecule has 0 aliphatic carbocycles. The van der Waals surface area contributed by atoms with Crippen LogP contribution in [0.3, 0.4) is 0 Å². The van der Waals surface area contributed by atoms with Crippen molar-refractivity contribution in [2.24, 2.45) is 0 Å². The zero-order valence-corrected chi connectivity index (χ0v) is 10.7. The smallest absolute Gasteiger partial charge is 0.323 e. The normalized spacial score (nSPS) is 19.1. The largest absolute Gasteiger partial charge is 0.468 e. The molecule has 1 aliphatic heterocycles. The van der Waals surface area contributed by atoms with Gasteiger partial charge in [0.1, 0.15) is 11.9 Å². The van der Waals surface area contributed by atoms with Crippen LogP contribution in [0.2, 0.25) is 0 Å². The molecule has 1 aromatic carbocycles. The van der Waals surface area contributed by atoms with Gasteiger partial charge in [-0.25, -0.2) is 4.39 Å². The van der Waals surface area contributed by atoms with Gasteiger partial charge < -0.3 is 4.74 Å². The summed E-state index contributed by atoms with van der Waals surface area (Å²) >= 11 is 0. The molecule has 4 nitrogen and oxygen atoms in total. The lowest BCUT2D eigenvalue weighted by Crippen LogP contribution is -2.36. The Bertz CT molecular complexity index is 525. The lowest BCUT2D eigenvalue weighted by molar-refractivity contribution is -0.146. The minimum absolute atomic E-state index is 0.252. The lowest BCUT2D eigenvalue weighted by atomic mass is 10.1. The second-order valence-electron chi connectivity index (χ2n) is 4.56. The Morgan fingerprint density at radius 1 is 1.63 bits per heavy atom. The van der Waals surface area contributed by atoms with E-state index < -0.39 is 5.82 Å². The fourth-order valence-electron chi connectivity index (χ4n) is 2.43. The average molecular weight is 262 g/mol. The van der Waals surface area contributed by atoms with Crippen molar-refractivity contribution in [3.8, 4) is 6.07 Å². The molecule has 100 valence electrons. The molecule has 19 heavy (non-hydrogen) atoms. The number of likely N-dealkylation sites (tertiary alicyclic amines) is 1. The molecule has 1 atom stereocenters. The van der Waals surface area contributed by atoms with E-state index in [4.69, 9.17) is 10.00 Å². The Balaban J connectivity index is 2.17. The molecule has 1 aromatic rings. The van der Waals surface area contributed by atoms with Gasteiger partial charge in [-0.2, -0.15) is 5.26 Å². The molecule has 1 fully saturated rings. The highest BCUT2D eigenvalue weighted by molar-refractivity contribution is 5.76. The predicted molar refractivity (Wildman–Crippen MR) is 66.6 cm³/mol. The van der Waals surface area contributed by atoms with E-state index in [1.807, 2.05) is 11.0 Å². The molecule has 0 aromatic heterocycles. The Labute approximate surface area is 111 Å². The summed E-state index contributed by atoms with van der Waals surface area (Å²) in [5, 5.41) is 9.01. The molecule has 1 heterocycles. The van der Waals surface area contributed by atoms with E-state index in [2.05, 4.69) is 0 Å². The number of rotatable bonds is 3. The average Bonchev–Trinajstić information content (AvgIpc) is 2.88. The maximum absolute atomic E-state index is 13.1. The summed E-state index contributed by atoms with van der Waals surface area (Å²) in [4.78, 5) is 13.6. The predicted octanol–water partition coefficient (Wildman–Crippen LogP) is 1.83. The number of nitrogens with zero attached hydrogens (tertiary/aromatic N) is 2. The van der Waals surface area contributed by atoms with Crippen molar-refractivity contribution >= 4 is 5.97 Å². The van der Waals surface area contributed by atoms with Gasteiger partial charge in [-0.15, -0.1) is 0 Å². The van der Waals surface area contributed by atoms with Gasteiger partial charge in [0.15, 0.2) is 0 Å². The molecule has 5 heteroatoms. The standard InChI is InChI=1S/C14H15FN2O2/c1-19-14(18)13-3-2-6-17(13)9-10-4-5-12(15)7-11(10)8-16/h4-5,7,13H,2-3,6,9H2,1H3. The summed E-state index contributed by atoms with van der Waals surface area (Å²) in [6.45, 7) is 1.24. The highest BCUT2D eigenvalue weighted by atomic mass is 19.1. The van der Waals surface area contributed by atoms with Crippen molar-refractivity contribution in [3.05, 3.63) is 35.1 Å². The molecular weight excluding hydrogens is 247 g/mol. The second-order valence-corrected chi connectivity index (χ2v) is 4.56. The third kappa shape index (κ3) is 2.91. The van der Waals surface area contributed by atoms with Gasteiger partial charge in [0.05, 0.1) is 18.7 Å². The number of esters is 1. The third-order valence-corrected chi connectivity index (χ3v) is 3.40. The van der Waals surface area contributed by atoms with Crippen LogP contribution in [0.5, 0.6) is 0 Å². The molecule has 0 amide bonds.